The fourth-order valence-electron chi connectivity index (χ4n) is 1.56. The van der Waals surface area contributed by atoms with Gasteiger partial charge < -0.3 is 0 Å². The van der Waals surface area contributed by atoms with Crippen molar-refractivity contribution in [1.82, 2.24) is 4.90 Å². The Balaban J connectivity index is 1.94. The van der Waals surface area contributed by atoms with Crippen LogP contribution in [0.1, 0.15) is 12.0 Å². The predicted octanol–water partition coefficient (Wildman–Crippen LogP) is 2.44. The van der Waals surface area contributed by atoms with E-state index in [9.17, 15) is 0 Å². The van der Waals surface area contributed by atoms with E-state index in [1.807, 2.05) is 24.3 Å². The maximum absolute atomic E-state index is 8.51. The molecule has 2 nitrogen and oxygen atoms in total. The molecule has 72 valence electrons. The molecule has 2 atom stereocenters. The standard InChI is InChI=1S/C11H11ClN2/c12-11-4-2-1-3-9(11)7-14-8-10(14)5-6-13/h1-4,10H,5,7-8H2. The molecule has 0 saturated carbocycles. The maximum atomic E-state index is 8.51. The van der Waals surface area contributed by atoms with Gasteiger partial charge in [0.05, 0.1) is 12.5 Å². The summed E-state index contributed by atoms with van der Waals surface area (Å²) in [5, 5.41) is 9.33. The minimum Gasteiger partial charge on any atom is -0.292 e. The number of nitrogens with zero attached hydrogens (tertiary/aromatic N) is 2. The van der Waals surface area contributed by atoms with Gasteiger partial charge in [-0.2, -0.15) is 5.26 Å². The van der Waals surface area contributed by atoms with Crippen LogP contribution in [0.25, 0.3) is 0 Å². The van der Waals surface area contributed by atoms with Crippen LogP contribution in [0.2, 0.25) is 5.02 Å². The number of rotatable bonds is 3. The molecule has 0 aliphatic carbocycles. The molecule has 3 heteroatoms. The van der Waals surface area contributed by atoms with Crippen LogP contribution >= 0.6 is 11.6 Å². The fourth-order valence-corrected chi connectivity index (χ4v) is 1.76. The van der Waals surface area contributed by atoms with Crippen LogP contribution in [-0.4, -0.2) is 17.5 Å². The lowest BCUT2D eigenvalue weighted by atomic mass is 10.2. The van der Waals surface area contributed by atoms with E-state index in [0.717, 1.165) is 23.7 Å². The predicted molar refractivity (Wildman–Crippen MR) is 55.9 cm³/mol. The van der Waals surface area contributed by atoms with Crippen molar-refractivity contribution in [2.45, 2.75) is 19.0 Å². The highest BCUT2D eigenvalue weighted by molar-refractivity contribution is 6.31. The molecule has 1 aliphatic heterocycles. The van der Waals surface area contributed by atoms with Gasteiger partial charge in [-0.15, -0.1) is 0 Å². The van der Waals surface area contributed by atoms with E-state index in [1.165, 1.54) is 0 Å². The third-order valence-corrected chi connectivity index (χ3v) is 2.85. The summed E-state index contributed by atoms with van der Waals surface area (Å²) in [6.07, 6.45) is 0.629. The van der Waals surface area contributed by atoms with E-state index < -0.39 is 0 Å². The Morgan fingerprint density at radius 3 is 3.00 bits per heavy atom. The van der Waals surface area contributed by atoms with Crippen molar-refractivity contribution in [2.75, 3.05) is 6.54 Å². The Kier molecular flexibility index (Phi) is 2.72. The minimum absolute atomic E-state index is 0.455. The van der Waals surface area contributed by atoms with Gasteiger partial charge in [-0.3, -0.25) is 4.90 Å². The Labute approximate surface area is 88.7 Å². The van der Waals surface area contributed by atoms with E-state index in [2.05, 4.69) is 11.0 Å². The molecule has 1 fully saturated rings. The van der Waals surface area contributed by atoms with Crippen molar-refractivity contribution in [2.24, 2.45) is 0 Å². The first-order valence-corrected chi connectivity index (χ1v) is 5.03. The van der Waals surface area contributed by atoms with Gasteiger partial charge in [0, 0.05) is 24.2 Å². The second-order valence-electron chi connectivity index (χ2n) is 3.54. The molecule has 1 heterocycles. The molecule has 0 amide bonds. The van der Waals surface area contributed by atoms with E-state index in [4.69, 9.17) is 16.9 Å². The van der Waals surface area contributed by atoms with E-state index in [0.29, 0.717) is 12.5 Å². The average molecular weight is 207 g/mol. The largest absolute Gasteiger partial charge is 0.292 e. The van der Waals surface area contributed by atoms with Gasteiger partial charge in [-0.25, -0.2) is 0 Å². The van der Waals surface area contributed by atoms with E-state index >= 15 is 0 Å². The van der Waals surface area contributed by atoms with Crippen LogP contribution in [0.4, 0.5) is 0 Å². The molecular weight excluding hydrogens is 196 g/mol. The fraction of sp³-hybridized carbons (Fsp3) is 0.364. The van der Waals surface area contributed by atoms with Crippen LogP contribution < -0.4 is 0 Å². The smallest absolute Gasteiger partial charge is 0.0638 e. The van der Waals surface area contributed by atoms with Crippen molar-refractivity contribution in [3.8, 4) is 6.07 Å². The first kappa shape index (κ1) is 9.51. The number of nitriles is 1. The molecule has 0 bridgehead atoms. The Morgan fingerprint density at radius 1 is 1.50 bits per heavy atom. The summed E-state index contributed by atoms with van der Waals surface area (Å²) < 4.78 is 0. The monoisotopic (exact) mass is 206 g/mol. The molecule has 0 radical (unpaired) electrons. The van der Waals surface area contributed by atoms with Crippen molar-refractivity contribution in [3.63, 3.8) is 0 Å². The lowest BCUT2D eigenvalue weighted by Gasteiger charge is -2.04. The molecule has 1 saturated heterocycles. The molecule has 1 aromatic carbocycles. The highest BCUT2D eigenvalue weighted by Gasteiger charge is 2.33. The minimum atomic E-state index is 0.455. The van der Waals surface area contributed by atoms with Gasteiger partial charge in [0.2, 0.25) is 0 Å². The molecule has 0 N–H and O–H groups in total. The highest BCUT2D eigenvalue weighted by Crippen LogP contribution is 2.26. The van der Waals surface area contributed by atoms with Crippen molar-refractivity contribution >= 4 is 11.6 Å². The van der Waals surface area contributed by atoms with E-state index in [1.54, 1.807) is 0 Å². The number of hydrogen-bond donors (Lipinski definition) is 0. The van der Waals surface area contributed by atoms with Gasteiger partial charge in [-0.1, -0.05) is 29.8 Å². The normalized spacial score (nSPS) is 24.3. The van der Waals surface area contributed by atoms with Gasteiger partial charge in [0.15, 0.2) is 0 Å². The Morgan fingerprint density at radius 2 is 2.29 bits per heavy atom. The lowest BCUT2D eigenvalue weighted by molar-refractivity contribution is 0.504. The quantitative estimate of drug-likeness (QED) is 0.711. The van der Waals surface area contributed by atoms with Crippen LogP contribution in [0.5, 0.6) is 0 Å². The molecule has 2 unspecified atom stereocenters. The van der Waals surface area contributed by atoms with Crippen molar-refractivity contribution < 1.29 is 0 Å². The SMILES string of the molecule is N#CCC1CN1Cc1ccccc1Cl. The van der Waals surface area contributed by atoms with Crippen molar-refractivity contribution in [3.05, 3.63) is 34.9 Å². The summed E-state index contributed by atoms with van der Waals surface area (Å²) >= 11 is 6.03. The zero-order valence-electron chi connectivity index (χ0n) is 7.78. The Hall–Kier alpha value is -1.04. The molecule has 1 aromatic rings. The number of hydrogen-bond acceptors (Lipinski definition) is 2. The topological polar surface area (TPSA) is 26.8 Å². The molecular formula is C11H11ClN2. The summed E-state index contributed by atoms with van der Waals surface area (Å²) in [4.78, 5) is 2.25. The van der Waals surface area contributed by atoms with Gasteiger partial charge in [0.1, 0.15) is 0 Å². The summed E-state index contributed by atoms with van der Waals surface area (Å²) in [5.41, 5.74) is 1.15. The molecule has 2 rings (SSSR count). The van der Waals surface area contributed by atoms with Crippen LogP contribution in [-0.2, 0) is 6.54 Å². The maximum Gasteiger partial charge on any atom is 0.0638 e. The third kappa shape index (κ3) is 2.06. The second kappa shape index (κ2) is 4.00. The highest BCUT2D eigenvalue weighted by atomic mass is 35.5. The van der Waals surface area contributed by atoms with Crippen LogP contribution in [0, 0.1) is 11.3 Å². The first-order chi connectivity index (χ1) is 6.81. The van der Waals surface area contributed by atoms with Crippen molar-refractivity contribution in [1.29, 1.82) is 5.26 Å². The Bertz CT molecular complexity index is 370. The van der Waals surface area contributed by atoms with Gasteiger partial charge in [-0.05, 0) is 11.6 Å². The summed E-state index contributed by atoms with van der Waals surface area (Å²) in [5.74, 6) is 0. The molecule has 0 spiro atoms. The summed E-state index contributed by atoms with van der Waals surface area (Å²) in [6.45, 7) is 1.89. The lowest BCUT2D eigenvalue weighted by Crippen LogP contribution is -2.01. The average Bonchev–Trinajstić information content (AvgIpc) is 2.89. The first-order valence-electron chi connectivity index (χ1n) is 4.65. The van der Waals surface area contributed by atoms with Crippen LogP contribution in [0.15, 0.2) is 24.3 Å². The van der Waals surface area contributed by atoms with E-state index in [-0.39, 0.29) is 0 Å². The third-order valence-electron chi connectivity index (χ3n) is 2.49. The van der Waals surface area contributed by atoms with Crippen LogP contribution in [0.3, 0.4) is 0 Å². The molecule has 14 heavy (non-hydrogen) atoms. The second-order valence-corrected chi connectivity index (χ2v) is 3.94. The van der Waals surface area contributed by atoms with Gasteiger partial charge in [0.25, 0.3) is 0 Å². The molecule has 1 aliphatic rings. The number of benzene rings is 1. The zero-order chi connectivity index (χ0) is 9.97. The summed E-state index contributed by atoms with van der Waals surface area (Å²) in [6, 6.07) is 10.5. The number of halogens is 1. The van der Waals surface area contributed by atoms with Gasteiger partial charge >= 0.3 is 0 Å². The molecule has 0 aromatic heterocycles. The summed E-state index contributed by atoms with van der Waals surface area (Å²) in [7, 11) is 0. The zero-order valence-corrected chi connectivity index (χ0v) is 8.54.